The third-order valence-corrected chi connectivity index (χ3v) is 2.87. The van der Waals surface area contributed by atoms with Gasteiger partial charge in [-0.15, -0.1) is 0 Å². The van der Waals surface area contributed by atoms with Crippen molar-refractivity contribution in [2.75, 3.05) is 0 Å². The van der Waals surface area contributed by atoms with Gasteiger partial charge in [0.1, 0.15) is 0 Å². The van der Waals surface area contributed by atoms with Gasteiger partial charge in [0.15, 0.2) is 23.2 Å². The molecule has 0 radical (unpaired) electrons. The predicted molar refractivity (Wildman–Crippen MR) is 63.3 cm³/mol. The third kappa shape index (κ3) is 2.65. The van der Waals surface area contributed by atoms with Crippen LogP contribution in [0.4, 0.5) is 13.2 Å². The summed E-state index contributed by atoms with van der Waals surface area (Å²) in [5.74, 6) is -5.39. The van der Waals surface area contributed by atoms with E-state index < -0.39 is 29.2 Å². The van der Waals surface area contributed by atoms with E-state index in [1.165, 1.54) is 12.4 Å². The summed E-state index contributed by atoms with van der Waals surface area (Å²) in [5, 5.41) is 0. The van der Waals surface area contributed by atoms with E-state index in [0.717, 1.165) is 0 Å². The summed E-state index contributed by atoms with van der Waals surface area (Å²) >= 11 is 0. The average Bonchev–Trinajstić information content (AvgIpc) is 2.43. The van der Waals surface area contributed by atoms with Crippen molar-refractivity contribution < 1.29 is 18.0 Å². The van der Waals surface area contributed by atoms with Gasteiger partial charge >= 0.3 is 0 Å². The quantitative estimate of drug-likeness (QED) is 0.628. The van der Waals surface area contributed by atoms with Crippen LogP contribution in [0.5, 0.6) is 0 Å². The van der Waals surface area contributed by atoms with Crippen LogP contribution in [-0.4, -0.2) is 10.8 Å². The largest absolute Gasteiger partial charge is 0.294 e. The normalized spacial score (nSPS) is 12.2. The van der Waals surface area contributed by atoms with E-state index in [1.807, 2.05) is 0 Å². The molecular weight excluding hydrogens is 255 g/mol. The van der Waals surface area contributed by atoms with Crippen LogP contribution in [-0.2, 0) is 0 Å². The zero-order valence-corrected chi connectivity index (χ0v) is 10.0. The Kier molecular flexibility index (Phi) is 3.64. The topological polar surface area (TPSA) is 30.0 Å². The number of carbonyl (C=O) groups is 1. The highest BCUT2D eigenvalue weighted by Crippen LogP contribution is 2.22. The highest BCUT2D eigenvalue weighted by atomic mass is 19.2. The SMILES string of the molecule is CC(C(=O)c1cc(F)c(F)c(F)c1)c1ccncc1. The first-order chi connectivity index (χ1) is 9.00. The Bertz CT molecular complexity index is 590. The number of hydrogen-bond acceptors (Lipinski definition) is 2. The third-order valence-electron chi connectivity index (χ3n) is 2.87. The average molecular weight is 265 g/mol. The maximum absolute atomic E-state index is 13.1. The molecule has 1 atom stereocenters. The van der Waals surface area contributed by atoms with Crippen LogP contribution in [0.2, 0.25) is 0 Å². The second kappa shape index (κ2) is 5.22. The summed E-state index contributed by atoms with van der Waals surface area (Å²) in [4.78, 5) is 15.9. The van der Waals surface area contributed by atoms with Crippen LogP contribution in [0.1, 0.15) is 28.8 Å². The smallest absolute Gasteiger partial charge is 0.194 e. The maximum Gasteiger partial charge on any atom is 0.194 e. The van der Waals surface area contributed by atoms with E-state index in [4.69, 9.17) is 0 Å². The molecule has 0 aliphatic heterocycles. The van der Waals surface area contributed by atoms with E-state index in [0.29, 0.717) is 17.7 Å². The monoisotopic (exact) mass is 265 g/mol. The number of pyridine rings is 1. The predicted octanol–water partition coefficient (Wildman–Crippen LogP) is 3.49. The maximum atomic E-state index is 13.1. The minimum atomic E-state index is -1.58. The van der Waals surface area contributed by atoms with E-state index >= 15 is 0 Å². The Hall–Kier alpha value is -2.17. The van der Waals surface area contributed by atoms with Gasteiger partial charge < -0.3 is 0 Å². The molecule has 19 heavy (non-hydrogen) atoms. The Labute approximate surface area is 107 Å². The van der Waals surface area contributed by atoms with Crippen LogP contribution >= 0.6 is 0 Å². The Morgan fingerprint density at radius 1 is 1.11 bits per heavy atom. The van der Waals surface area contributed by atoms with Crippen molar-refractivity contribution in [3.8, 4) is 0 Å². The number of nitrogens with zero attached hydrogens (tertiary/aromatic N) is 1. The molecule has 1 heterocycles. The molecule has 0 N–H and O–H groups in total. The fourth-order valence-corrected chi connectivity index (χ4v) is 1.75. The van der Waals surface area contributed by atoms with E-state index in [-0.39, 0.29) is 5.56 Å². The van der Waals surface area contributed by atoms with Crippen molar-refractivity contribution in [2.24, 2.45) is 0 Å². The van der Waals surface area contributed by atoms with Gasteiger partial charge in [0, 0.05) is 23.9 Å². The summed E-state index contributed by atoms with van der Waals surface area (Å²) < 4.78 is 39.0. The van der Waals surface area contributed by atoms with Crippen LogP contribution < -0.4 is 0 Å². The first-order valence-electron chi connectivity index (χ1n) is 5.59. The number of benzene rings is 1. The van der Waals surface area contributed by atoms with E-state index in [1.54, 1.807) is 19.1 Å². The van der Waals surface area contributed by atoms with E-state index in [2.05, 4.69) is 4.98 Å². The second-order valence-electron chi connectivity index (χ2n) is 4.12. The van der Waals surface area contributed by atoms with Crippen molar-refractivity contribution in [3.63, 3.8) is 0 Å². The van der Waals surface area contributed by atoms with Crippen molar-refractivity contribution in [2.45, 2.75) is 12.8 Å². The summed E-state index contributed by atoms with van der Waals surface area (Å²) in [5.41, 5.74) is 0.478. The molecular formula is C14H10F3NO. The molecule has 1 aromatic heterocycles. The van der Waals surface area contributed by atoms with Gasteiger partial charge in [0.2, 0.25) is 0 Å². The van der Waals surface area contributed by atoms with Gasteiger partial charge in [-0.2, -0.15) is 0 Å². The molecule has 0 amide bonds. The van der Waals surface area contributed by atoms with Crippen LogP contribution in [0.3, 0.4) is 0 Å². The molecule has 98 valence electrons. The van der Waals surface area contributed by atoms with Gasteiger partial charge in [-0.1, -0.05) is 6.92 Å². The molecule has 0 saturated heterocycles. The van der Waals surface area contributed by atoms with Crippen LogP contribution in [0, 0.1) is 17.5 Å². The van der Waals surface area contributed by atoms with Crippen molar-refractivity contribution in [1.82, 2.24) is 4.98 Å². The molecule has 2 rings (SSSR count). The lowest BCUT2D eigenvalue weighted by atomic mass is 9.93. The van der Waals surface area contributed by atoms with Crippen molar-refractivity contribution in [1.29, 1.82) is 0 Å². The fraction of sp³-hybridized carbons (Fsp3) is 0.143. The lowest BCUT2D eigenvalue weighted by Crippen LogP contribution is -2.11. The number of hydrogen-bond donors (Lipinski definition) is 0. The van der Waals surface area contributed by atoms with Gasteiger partial charge in [-0.25, -0.2) is 13.2 Å². The van der Waals surface area contributed by atoms with Crippen molar-refractivity contribution >= 4 is 5.78 Å². The Morgan fingerprint density at radius 2 is 1.63 bits per heavy atom. The van der Waals surface area contributed by atoms with Crippen LogP contribution in [0.25, 0.3) is 0 Å². The zero-order chi connectivity index (χ0) is 14.0. The van der Waals surface area contributed by atoms with Gasteiger partial charge in [0.25, 0.3) is 0 Å². The van der Waals surface area contributed by atoms with Gasteiger partial charge in [0.05, 0.1) is 0 Å². The molecule has 0 saturated carbocycles. The standard InChI is InChI=1S/C14H10F3NO/c1-8(9-2-4-18-5-3-9)14(19)10-6-11(15)13(17)12(16)7-10/h2-8H,1H3. The number of rotatable bonds is 3. The number of carbonyl (C=O) groups excluding carboxylic acids is 1. The van der Waals surface area contributed by atoms with Gasteiger partial charge in [-0.05, 0) is 29.8 Å². The lowest BCUT2D eigenvalue weighted by Gasteiger charge is -2.11. The summed E-state index contributed by atoms with van der Waals surface area (Å²) in [6, 6.07) is 4.69. The van der Waals surface area contributed by atoms with E-state index in [9.17, 15) is 18.0 Å². The zero-order valence-electron chi connectivity index (χ0n) is 10.0. The molecule has 2 aromatic rings. The lowest BCUT2D eigenvalue weighted by molar-refractivity contribution is 0.0965. The van der Waals surface area contributed by atoms with Gasteiger partial charge in [-0.3, -0.25) is 9.78 Å². The first-order valence-corrected chi connectivity index (χ1v) is 5.59. The Morgan fingerprint density at radius 3 is 2.16 bits per heavy atom. The van der Waals surface area contributed by atoms with Crippen molar-refractivity contribution in [3.05, 3.63) is 65.2 Å². The second-order valence-corrected chi connectivity index (χ2v) is 4.12. The molecule has 0 aliphatic rings. The number of aromatic nitrogens is 1. The molecule has 0 fully saturated rings. The highest BCUT2D eigenvalue weighted by Gasteiger charge is 2.20. The minimum absolute atomic E-state index is 0.194. The summed E-state index contributed by atoms with van der Waals surface area (Å²) in [6.45, 7) is 1.61. The summed E-state index contributed by atoms with van der Waals surface area (Å²) in [6.07, 6.45) is 3.04. The minimum Gasteiger partial charge on any atom is -0.294 e. The number of halogens is 3. The first kappa shape index (κ1) is 13.3. The summed E-state index contributed by atoms with van der Waals surface area (Å²) in [7, 11) is 0. The molecule has 1 unspecified atom stereocenters. The Balaban J connectivity index is 2.35. The van der Waals surface area contributed by atoms with Crippen LogP contribution in [0.15, 0.2) is 36.7 Å². The molecule has 0 aliphatic carbocycles. The molecule has 2 nitrogen and oxygen atoms in total. The number of Topliss-reactive ketones (excluding diaryl/α,β-unsaturated/α-hetero) is 1. The molecule has 5 heteroatoms. The fourth-order valence-electron chi connectivity index (χ4n) is 1.75. The highest BCUT2D eigenvalue weighted by molar-refractivity contribution is 6.00. The molecule has 1 aromatic carbocycles. The number of ketones is 1. The molecule has 0 bridgehead atoms. The molecule has 0 spiro atoms.